The van der Waals surface area contributed by atoms with Gasteiger partial charge in [0.15, 0.2) is 0 Å². The van der Waals surface area contributed by atoms with Crippen LogP contribution in [0.3, 0.4) is 0 Å². The quantitative estimate of drug-likeness (QED) is 0.533. The second-order valence-corrected chi connectivity index (χ2v) is 8.66. The maximum absolute atomic E-state index is 2.54. The Morgan fingerprint density at radius 3 is 1.83 bits per heavy atom. The van der Waals surface area contributed by atoms with Crippen molar-refractivity contribution in [1.29, 1.82) is 0 Å². The third-order valence-electron chi connectivity index (χ3n) is 7.02. The summed E-state index contributed by atoms with van der Waals surface area (Å²) in [4.78, 5) is 0. The van der Waals surface area contributed by atoms with Crippen molar-refractivity contribution >= 4 is 0 Å². The van der Waals surface area contributed by atoms with Crippen molar-refractivity contribution in [3.8, 4) is 0 Å². The highest BCUT2D eigenvalue weighted by Crippen LogP contribution is 2.67. The van der Waals surface area contributed by atoms with E-state index in [2.05, 4.69) is 27.7 Å². The fraction of sp³-hybridized carbons (Fsp3) is 1.00. The highest BCUT2D eigenvalue weighted by Gasteiger charge is 2.57. The van der Waals surface area contributed by atoms with E-state index in [-0.39, 0.29) is 0 Å². The summed E-state index contributed by atoms with van der Waals surface area (Å²) in [6.07, 6.45) is 13.7. The van der Waals surface area contributed by atoms with Crippen LogP contribution in [0.5, 0.6) is 0 Å². The molecule has 0 aromatic heterocycles. The van der Waals surface area contributed by atoms with Crippen molar-refractivity contribution in [3.05, 3.63) is 0 Å². The third kappa shape index (κ3) is 2.25. The van der Waals surface area contributed by atoms with Crippen LogP contribution in [0.25, 0.3) is 0 Å². The molecular weight excluding hydrogens is 216 g/mol. The van der Waals surface area contributed by atoms with E-state index in [1.54, 1.807) is 12.8 Å². The molecule has 0 aliphatic heterocycles. The Morgan fingerprint density at radius 1 is 0.889 bits per heavy atom. The van der Waals surface area contributed by atoms with Gasteiger partial charge in [0.2, 0.25) is 0 Å². The molecule has 0 bridgehead atoms. The summed E-state index contributed by atoms with van der Waals surface area (Å²) >= 11 is 0. The summed E-state index contributed by atoms with van der Waals surface area (Å²) in [5, 5.41) is 0. The van der Waals surface area contributed by atoms with E-state index in [0.717, 1.165) is 28.1 Å². The van der Waals surface area contributed by atoms with Gasteiger partial charge in [-0.2, -0.15) is 0 Å². The van der Waals surface area contributed by atoms with Crippen LogP contribution in [0.15, 0.2) is 0 Å². The molecule has 1 atom stereocenters. The fourth-order valence-corrected chi connectivity index (χ4v) is 4.49. The first-order chi connectivity index (χ1) is 8.44. The van der Waals surface area contributed by atoms with Crippen LogP contribution < -0.4 is 0 Å². The third-order valence-corrected chi connectivity index (χ3v) is 7.02. The molecule has 0 heteroatoms. The zero-order chi connectivity index (χ0) is 13.0. The van der Waals surface area contributed by atoms with E-state index >= 15 is 0 Å². The molecule has 0 heterocycles. The average molecular weight is 248 g/mol. The lowest BCUT2D eigenvalue weighted by molar-refractivity contribution is 0.143. The van der Waals surface area contributed by atoms with Crippen molar-refractivity contribution in [3.63, 3.8) is 0 Å². The summed E-state index contributed by atoms with van der Waals surface area (Å²) in [5.74, 6) is 1.96. The summed E-state index contributed by atoms with van der Waals surface area (Å²) in [7, 11) is 0. The Bertz CT molecular complexity index is 313. The lowest BCUT2D eigenvalue weighted by Crippen LogP contribution is -2.27. The van der Waals surface area contributed by atoms with Gasteiger partial charge in [0.25, 0.3) is 0 Å². The van der Waals surface area contributed by atoms with E-state index in [1.807, 2.05) is 0 Å². The second kappa shape index (κ2) is 4.00. The molecule has 0 saturated heterocycles. The van der Waals surface area contributed by atoms with Gasteiger partial charge in [0, 0.05) is 0 Å². The van der Waals surface area contributed by atoms with E-state index in [0.29, 0.717) is 0 Å². The highest BCUT2D eigenvalue weighted by atomic mass is 14.6. The minimum Gasteiger partial charge on any atom is -0.0649 e. The monoisotopic (exact) mass is 248 g/mol. The van der Waals surface area contributed by atoms with Crippen LogP contribution in [0.2, 0.25) is 0 Å². The molecule has 18 heavy (non-hydrogen) atoms. The normalized spacial score (nSPS) is 31.2. The van der Waals surface area contributed by atoms with E-state index in [9.17, 15) is 0 Å². The average Bonchev–Trinajstić information content (AvgIpc) is 3.18. The van der Waals surface area contributed by atoms with Gasteiger partial charge in [-0.3, -0.25) is 0 Å². The lowest BCUT2D eigenvalue weighted by atomic mass is 9.70. The predicted molar refractivity (Wildman–Crippen MR) is 78.5 cm³/mol. The van der Waals surface area contributed by atoms with Gasteiger partial charge in [0.1, 0.15) is 0 Å². The molecule has 0 aromatic carbocycles. The summed E-state index contributed by atoms with van der Waals surface area (Å²) in [5.41, 5.74) is 2.30. The highest BCUT2D eigenvalue weighted by molar-refractivity contribution is 5.07. The SMILES string of the molecule is CCC1(CC(CC2(C)CC2)C2(C(C)C)CC2)CC1. The minimum absolute atomic E-state index is 0.749. The van der Waals surface area contributed by atoms with Crippen molar-refractivity contribution in [2.24, 2.45) is 28.1 Å². The Hall–Kier alpha value is 0. The molecule has 0 nitrogen and oxygen atoms in total. The van der Waals surface area contributed by atoms with Crippen LogP contribution in [0.1, 0.15) is 85.5 Å². The molecule has 3 rings (SSSR count). The van der Waals surface area contributed by atoms with Gasteiger partial charge in [-0.25, -0.2) is 0 Å². The largest absolute Gasteiger partial charge is 0.0649 e. The molecular formula is C18H32. The van der Waals surface area contributed by atoms with E-state index < -0.39 is 0 Å². The van der Waals surface area contributed by atoms with Crippen molar-refractivity contribution in [2.75, 3.05) is 0 Å². The van der Waals surface area contributed by atoms with Crippen molar-refractivity contribution in [2.45, 2.75) is 85.5 Å². The predicted octanol–water partition coefficient (Wildman–Crippen LogP) is 5.81. The molecule has 3 aliphatic rings. The summed E-state index contributed by atoms with van der Waals surface area (Å²) in [6, 6.07) is 0. The smallest absolute Gasteiger partial charge is 0.0245 e. The van der Waals surface area contributed by atoms with Crippen LogP contribution in [0, 0.1) is 28.1 Å². The van der Waals surface area contributed by atoms with Gasteiger partial charge >= 0.3 is 0 Å². The zero-order valence-corrected chi connectivity index (χ0v) is 13.0. The fourth-order valence-electron chi connectivity index (χ4n) is 4.49. The Kier molecular flexibility index (Phi) is 2.89. The van der Waals surface area contributed by atoms with Crippen LogP contribution >= 0.6 is 0 Å². The molecule has 3 saturated carbocycles. The van der Waals surface area contributed by atoms with Crippen LogP contribution in [-0.4, -0.2) is 0 Å². The van der Waals surface area contributed by atoms with Gasteiger partial charge in [0.05, 0.1) is 0 Å². The van der Waals surface area contributed by atoms with E-state index in [4.69, 9.17) is 0 Å². The molecule has 0 amide bonds. The number of rotatable bonds is 7. The molecule has 0 aromatic rings. The molecule has 1 unspecified atom stereocenters. The molecule has 3 fully saturated rings. The number of hydrogen-bond donors (Lipinski definition) is 0. The molecule has 0 N–H and O–H groups in total. The molecule has 104 valence electrons. The summed E-state index contributed by atoms with van der Waals surface area (Å²) in [6.45, 7) is 9.95. The first-order valence-electron chi connectivity index (χ1n) is 8.44. The van der Waals surface area contributed by atoms with Gasteiger partial charge in [-0.1, -0.05) is 34.1 Å². The van der Waals surface area contributed by atoms with Gasteiger partial charge in [-0.15, -0.1) is 0 Å². The standard InChI is InChI=1S/C18H32/c1-5-17(8-9-17)13-15(12-16(4)6-7-16)18(10-11-18)14(2)3/h14-15H,5-13H2,1-4H3. The second-order valence-electron chi connectivity index (χ2n) is 8.66. The summed E-state index contributed by atoms with van der Waals surface area (Å²) < 4.78 is 0. The van der Waals surface area contributed by atoms with E-state index in [1.165, 1.54) is 44.9 Å². The van der Waals surface area contributed by atoms with Crippen molar-refractivity contribution < 1.29 is 0 Å². The first-order valence-corrected chi connectivity index (χ1v) is 8.44. The number of hydrogen-bond acceptors (Lipinski definition) is 0. The minimum atomic E-state index is 0.749. The topological polar surface area (TPSA) is 0 Å². The first kappa shape index (κ1) is 13.0. The lowest BCUT2D eigenvalue weighted by Gasteiger charge is -2.35. The van der Waals surface area contributed by atoms with Gasteiger partial charge < -0.3 is 0 Å². The Balaban J connectivity index is 1.71. The van der Waals surface area contributed by atoms with Crippen molar-refractivity contribution in [1.82, 2.24) is 0 Å². The molecule has 0 spiro atoms. The Morgan fingerprint density at radius 2 is 1.50 bits per heavy atom. The van der Waals surface area contributed by atoms with Gasteiger partial charge in [-0.05, 0) is 79.4 Å². The Labute approximate surface area is 114 Å². The van der Waals surface area contributed by atoms with Crippen LogP contribution in [0.4, 0.5) is 0 Å². The molecule has 3 aliphatic carbocycles. The maximum Gasteiger partial charge on any atom is -0.0245 e. The van der Waals surface area contributed by atoms with Crippen LogP contribution in [-0.2, 0) is 0 Å². The molecule has 0 radical (unpaired) electrons. The zero-order valence-electron chi connectivity index (χ0n) is 13.0. The maximum atomic E-state index is 2.54.